The van der Waals surface area contributed by atoms with Gasteiger partial charge in [0.25, 0.3) is 0 Å². The quantitative estimate of drug-likeness (QED) is 0.809. The fraction of sp³-hybridized carbons (Fsp3) is 0.615. The van der Waals surface area contributed by atoms with Crippen LogP contribution in [0.5, 0.6) is 0 Å². The molecule has 1 fully saturated rings. The molecular weight excluding hydrogens is 262 g/mol. The van der Waals surface area contributed by atoms with Gasteiger partial charge in [0.15, 0.2) is 5.82 Å². The van der Waals surface area contributed by atoms with E-state index >= 15 is 0 Å². The fourth-order valence-electron chi connectivity index (χ4n) is 2.31. The largest absolute Gasteiger partial charge is 0.465 e. The lowest BCUT2D eigenvalue weighted by Crippen LogP contribution is -2.41. The van der Waals surface area contributed by atoms with Crippen molar-refractivity contribution >= 4 is 17.7 Å². The number of aryl methyl sites for hydroxylation is 1. The van der Waals surface area contributed by atoms with Gasteiger partial charge in [-0.25, -0.2) is 0 Å². The second kappa shape index (κ2) is 6.51. The van der Waals surface area contributed by atoms with E-state index < -0.39 is 0 Å². The summed E-state index contributed by atoms with van der Waals surface area (Å²) < 4.78 is 9.89. The normalized spacial score (nSPS) is 19.0. The van der Waals surface area contributed by atoms with Gasteiger partial charge in [0.1, 0.15) is 11.8 Å². The molecule has 1 aromatic heterocycles. The molecule has 0 saturated carbocycles. The third-order valence-electron chi connectivity index (χ3n) is 3.16. The van der Waals surface area contributed by atoms with Crippen molar-refractivity contribution in [1.82, 2.24) is 10.1 Å². The third-order valence-corrected chi connectivity index (χ3v) is 3.16. The number of esters is 1. The summed E-state index contributed by atoms with van der Waals surface area (Å²) in [6.07, 6.45) is 1.62. The van der Waals surface area contributed by atoms with Crippen LogP contribution < -0.4 is 5.32 Å². The van der Waals surface area contributed by atoms with Crippen LogP contribution in [0.2, 0.25) is 0 Å². The van der Waals surface area contributed by atoms with Crippen LogP contribution in [0.15, 0.2) is 10.6 Å². The van der Waals surface area contributed by atoms with Crippen LogP contribution in [0.4, 0.5) is 5.82 Å². The number of nitrogens with zero attached hydrogens (tertiary/aromatic N) is 2. The van der Waals surface area contributed by atoms with Crippen LogP contribution in [-0.2, 0) is 14.3 Å². The third kappa shape index (κ3) is 3.57. The lowest BCUT2D eigenvalue weighted by molar-refractivity contribution is -0.148. The molecule has 1 amide bonds. The molecule has 1 atom stereocenters. The Hall–Kier alpha value is -1.89. The Morgan fingerprint density at radius 1 is 1.60 bits per heavy atom. The molecule has 20 heavy (non-hydrogen) atoms. The molecule has 7 nitrogen and oxygen atoms in total. The number of nitrogens with one attached hydrogen (secondary N) is 1. The smallest absolute Gasteiger partial charge is 0.323 e. The van der Waals surface area contributed by atoms with Crippen molar-refractivity contribution in [2.75, 3.05) is 25.0 Å². The summed E-state index contributed by atoms with van der Waals surface area (Å²) in [7, 11) is 0. The number of carbonyl (C=O) groups excluding carboxylic acids is 2. The summed E-state index contributed by atoms with van der Waals surface area (Å²) >= 11 is 0. The Kier molecular flexibility index (Phi) is 4.73. The summed E-state index contributed by atoms with van der Waals surface area (Å²) in [5.74, 6) is 0.551. The number of hydrogen-bond donors (Lipinski definition) is 1. The summed E-state index contributed by atoms with van der Waals surface area (Å²) in [6, 6.07) is 1.32. The molecular formula is C13H19N3O4. The Bertz CT molecular complexity index is 486. The molecule has 0 aromatic carbocycles. The highest BCUT2D eigenvalue weighted by Gasteiger charge is 2.32. The van der Waals surface area contributed by atoms with Gasteiger partial charge in [0.2, 0.25) is 5.91 Å². The van der Waals surface area contributed by atoms with Crippen LogP contribution in [0, 0.1) is 6.92 Å². The van der Waals surface area contributed by atoms with Crippen LogP contribution in [0.3, 0.4) is 0 Å². The zero-order valence-corrected chi connectivity index (χ0v) is 11.7. The second-order valence-corrected chi connectivity index (χ2v) is 4.75. The Balaban J connectivity index is 1.88. The standard InChI is InChI=1S/C13H19N3O4/c1-3-19-13(18)10-5-4-6-16(10)8-12(17)14-11-7-9(2)20-15-11/h7,10H,3-6,8H2,1-2H3,(H,14,15,17). The Morgan fingerprint density at radius 2 is 2.40 bits per heavy atom. The minimum absolute atomic E-state index is 0.148. The predicted molar refractivity (Wildman–Crippen MR) is 71.1 cm³/mol. The lowest BCUT2D eigenvalue weighted by Gasteiger charge is -2.21. The first-order chi connectivity index (χ1) is 9.60. The van der Waals surface area contributed by atoms with E-state index in [9.17, 15) is 9.59 Å². The molecule has 1 aliphatic rings. The number of rotatable bonds is 5. The van der Waals surface area contributed by atoms with Gasteiger partial charge in [0.05, 0.1) is 13.2 Å². The zero-order valence-electron chi connectivity index (χ0n) is 11.7. The summed E-state index contributed by atoms with van der Waals surface area (Å²) in [6.45, 7) is 4.74. The number of amides is 1. The predicted octanol–water partition coefficient (Wildman–Crippen LogP) is 0.949. The monoisotopic (exact) mass is 281 g/mol. The van der Waals surface area contributed by atoms with E-state index in [0.717, 1.165) is 19.4 Å². The van der Waals surface area contributed by atoms with E-state index in [1.807, 2.05) is 4.90 Å². The average Bonchev–Trinajstić information content (AvgIpc) is 2.99. The van der Waals surface area contributed by atoms with Gasteiger partial charge in [-0.2, -0.15) is 0 Å². The van der Waals surface area contributed by atoms with Crippen LogP contribution >= 0.6 is 0 Å². The van der Waals surface area contributed by atoms with Gasteiger partial charge in [-0.15, -0.1) is 0 Å². The first kappa shape index (κ1) is 14.5. The topological polar surface area (TPSA) is 84.7 Å². The van der Waals surface area contributed by atoms with E-state index in [0.29, 0.717) is 18.2 Å². The first-order valence-corrected chi connectivity index (χ1v) is 6.74. The number of anilines is 1. The van der Waals surface area contributed by atoms with Crippen LogP contribution in [0.1, 0.15) is 25.5 Å². The Morgan fingerprint density at radius 3 is 3.05 bits per heavy atom. The van der Waals surface area contributed by atoms with E-state index in [-0.39, 0.29) is 24.5 Å². The minimum atomic E-state index is -0.320. The fourth-order valence-corrected chi connectivity index (χ4v) is 2.31. The molecule has 0 radical (unpaired) electrons. The summed E-state index contributed by atoms with van der Waals surface area (Å²) in [5.41, 5.74) is 0. The summed E-state index contributed by atoms with van der Waals surface area (Å²) in [5, 5.41) is 6.34. The Labute approximate surface area is 117 Å². The molecule has 0 bridgehead atoms. The van der Waals surface area contributed by atoms with Crippen molar-refractivity contribution in [3.05, 3.63) is 11.8 Å². The lowest BCUT2D eigenvalue weighted by atomic mass is 10.2. The van der Waals surface area contributed by atoms with Crippen LogP contribution in [0.25, 0.3) is 0 Å². The van der Waals surface area contributed by atoms with E-state index in [4.69, 9.17) is 9.26 Å². The highest BCUT2D eigenvalue weighted by molar-refractivity contribution is 5.91. The van der Waals surface area contributed by atoms with Gasteiger partial charge in [0, 0.05) is 6.07 Å². The molecule has 1 saturated heterocycles. The average molecular weight is 281 g/mol. The van der Waals surface area contributed by atoms with Crippen molar-refractivity contribution in [2.24, 2.45) is 0 Å². The first-order valence-electron chi connectivity index (χ1n) is 6.74. The molecule has 2 rings (SSSR count). The molecule has 1 aromatic rings. The zero-order chi connectivity index (χ0) is 14.5. The number of carbonyl (C=O) groups is 2. The van der Waals surface area contributed by atoms with Gasteiger partial charge < -0.3 is 14.6 Å². The molecule has 2 heterocycles. The van der Waals surface area contributed by atoms with Gasteiger partial charge >= 0.3 is 5.97 Å². The number of likely N-dealkylation sites (tertiary alicyclic amines) is 1. The highest BCUT2D eigenvalue weighted by Crippen LogP contribution is 2.18. The highest BCUT2D eigenvalue weighted by atomic mass is 16.5. The van der Waals surface area contributed by atoms with Gasteiger partial charge in [-0.05, 0) is 33.2 Å². The maximum absolute atomic E-state index is 11.9. The molecule has 7 heteroatoms. The minimum Gasteiger partial charge on any atom is -0.465 e. The van der Waals surface area contributed by atoms with Crippen molar-refractivity contribution in [3.8, 4) is 0 Å². The maximum atomic E-state index is 11.9. The number of aromatic nitrogens is 1. The second-order valence-electron chi connectivity index (χ2n) is 4.75. The SMILES string of the molecule is CCOC(=O)C1CCCN1CC(=O)Nc1cc(C)on1. The van der Waals surface area contributed by atoms with Gasteiger partial charge in [-0.1, -0.05) is 5.16 Å². The molecule has 110 valence electrons. The van der Waals surface area contributed by atoms with Crippen molar-refractivity contribution in [3.63, 3.8) is 0 Å². The summed E-state index contributed by atoms with van der Waals surface area (Å²) in [4.78, 5) is 25.5. The molecule has 1 aliphatic heterocycles. The van der Waals surface area contributed by atoms with E-state index in [1.54, 1.807) is 19.9 Å². The van der Waals surface area contributed by atoms with Gasteiger partial charge in [-0.3, -0.25) is 14.5 Å². The van der Waals surface area contributed by atoms with Crippen LogP contribution in [-0.4, -0.2) is 47.7 Å². The maximum Gasteiger partial charge on any atom is 0.323 e. The molecule has 1 N–H and O–H groups in total. The van der Waals surface area contributed by atoms with Crippen molar-refractivity contribution < 1.29 is 18.8 Å². The molecule has 0 spiro atoms. The molecule has 1 unspecified atom stereocenters. The van der Waals surface area contributed by atoms with Crippen molar-refractivity contribution in [1.29, 1.82) is 0 Å². The number of hydrogen-bond acceptors (Lipinski definition) is 6. The number of ether oxygens (including phenoxy) is 1. The molecule has 0 aliphatic carbocycles. The van der Waals surface area contributed by atoms with Crippen molar-refractivity contribution in [2.45, 2.75) is 32.7 Å². The van der Waals surface area contributed by atoms with E-state index in [2.05, 4.69) is 10.5 Å². The van der Waals surface area contributed by atoms with E-state index in [1.165, 1.54) is 0 Å².